The molecule has 0 aliphatic carbocycles. The van der Waals surface area contributed by atoms with Crippen LogP contribution in [0.5, 0.6) is 5.75 Å². The molecule has 0 aliphatic rings. The van der Waals surface area contributed by atoms with Crippen molar-refractivity contribution in [1.82, 2.24) is 19.5 Å². The predicted molar refractivity (Wildman–Crippen MR) is 87.0 cm³/mol. The maximum absolute atomic E-state index is 11.3. The second-order valence-electron chi connectivity index (χ2n) is 5.28. The van der Waals surface area contributed by atoms with Crippen LogP contribution >= 0.6 is 0 Å². The predicted octanol–water partition coefficient (Wildman–Crippen LogP) is 3.22. The van der Waals surface area contributed by atoms with Gasteiger partial charge in [-0.1, -0.05) is 25.5 Å². The van der Waals surface area contributed by atoms with Crippen LogP contribution in [0.15, 0.2) is 36.9 Å². The molecule has 118 valence electrons. The molecule has 0 aliphatic heterocycles. The van der Waals surface area contributed by atoms with E-state index >= 15 is 0 Å². The molecule has 2 heterocycles. The molecule has 0 fully saturated rings. The summed E-state index contributed by atoms with van der Waals surface area (Å²) in [6.45, 7) is 4.40. The molecule has 2 aromatic heterocycles. The van der Waals surface area contributed by atoms with Crippen LogP contribution in [0.2, 0.25) is 0 Å². The fourth-order valence-electron chi connectivity index (χ4n) is 2.48. The van der Waals surface area contributed by atoms with Gasteiger partial charge in [-0.2, -0.15) is 0 Å². The minimum absolute atomic E-state index is 0.365. The van der Waals surface area contributed by atoms with Crippen LogP contribution in [0.25, 0.3) is 22.4 Å². The minimum atomic E-state index is -0.365. The zero-order chi connectivity index (χ0) is 16.2. The van der Waals surface area contributed by atoms with Crippen molar-refractivity contribution in [2.24, 2.45) is 0 Å². The van der Waals surface area contributed by atoms with Crippen LogP contribution in [0.1, 0.15) is 26.7 Å². The van der Waals surface area contributed by atoms with Gasteiger partial charge in [0.15, 0.2) is 5.65 Å². The normalized spacial score (nSPS) is 10.9. The van der Waals surface area contributed by atoms with Crippen LogP contribution in [0.3, 0.4) is 0 Å². The van der Waals surface area contributed by atoms with Crippen molar-refractivity contribution in [1.29, 1.82) is 0 Å². The molecule has 23 heavy (non-hydrogen) atoms. The second kappa shape index (κ2) is 6.56. The van der Waals surface area contributed by atoms with E-state index in [4.69, 9.17) is 4.74 Å². The van der Waals surface area contributed by atoms with Crippen molar-refractivity contribution >= 4 is 17.1 Å². The van der Waals surface area contributed by atoms with Gasteiger partial charge in [0, 0.05) is 19.0 Å². The lowest BCUT2D eigenvalue weighted by Crippen LogP contribution is -2.03. The summed E-state index contributed by atoms with van der Waals surface area (Å²) in [6.07, 6.45) is 5.47. The van der Waals surface area contributed by atoms with Crippen LogP contribution in [0.4, 0.5) is 0 Å². The number of aryl methyl sites for hydroxylation is 1. The summed E-state index contributed by atoms with van der Waals surface area (Å²) in [5, 5.41) is 0. The Hall–Kier alpha value is -2.76. The van der Waals surface area contributed by atoms with Crippen LogP contribution in [0, 0.1) is 0 Å². The van der Waals surface area contributed by atoms with E-state index in [0.717, 1.165) is 30.6 Å². The molecule has 0 bridgehead atoms. The van der Waals surface area contributed by atoms with Gasteiger partial charge in [-0.3, -0.25) is 4.79 Å². The zero-order valence-corrected chi connectivity index (χ0v) is 13.2. The number of hydrogen-bond acceptors (Lipinski definition) is 5. The summed E-state index contributed by atoms with van der Waals surface area (Å²) in [5.41, 5.74) is 2.90. The number of imidazole rings is 1. The van der Waals surface area contributed by atoms with Gasteiger partial charge in [-0.25, -0.2) is 15.0 Å². The number of nitrogens with zero attached hydrogens (tertiary/aromatic N) is 4. The Morgan fingerprint density at radius 1 is 1.22 bits per heavy atom. The SMILES string of the molecule is CCCCn1cnc2c(-c3ccccc3OC(C)=O)ncnc21. The summed E-state index contributed by atoms with van der Waals surface area (Å²) < 4.78 is 7.31. The van der Waals surface area contributed by atoms with Crippen molar-refractivity contribution in [3.05, 3.63) is 36.9 Å². The lowest BCUT2D eigenvalue weighted by atomic mass is 10.1. The molecule has 0 amide bonds. The highest BCUT2D eigenvalue weighted by Gasteiger charge is 2.15. The van der Waals surface area contributed by atoms with Crippen LogP contribution < -0.4 is 4.74 Å². The number of rotatable bonds is 5. The molecule has 1 aromatic carbocycles. The third-order valence-corrected chi connectivity index (χ3v) is 3.55. The summed E-state index contributed by atoms with van der Waals surface area (Å²) in [5.74, 6) is 0.110. The molecule has 0 unspecified atom stereocenters. The largest absolute Gasteiger partial charge is 0.426 e. The van der Waals surface area contributed by atoms with Gasteiger partial charge in [0.25, 0.3) is 0 Å². The molecular weight excluding hydrogens is 292 g/mol. The molecule has 0 atom stereocenters. The maximum Gasteiger partial charge on any atom is 0.308 e. The number of para-hydroxylation sites is 1. The summed E-state index contributed by atoms with van der Waals surface area (Å²) >= 11 is 0. The van der Waals surface area contributed by atoms with Gasteiger partial charge in [-0.15, -0.1) is 0 Å². The number of carbonyl (C=O) groups is 1. The van der Waals surface area contributed by atoms with E-state index < -0.39 is 0 Å². The monoisotopic (exact) mass is 310 g/mol. The number of fused-ring (bicyclic) bond motifs is 1. The summed E-state index contributed by atoms with van der Waals surface area (Å²) in [6, 6.07) is 7.31. The Balaban J connectivity index is 2.10. The van der Waals surface area contributed by atoms with Crippen molar-refractivity contribution in [3.8, 4) is 17.0 Å². The van der Waals surface area contributed by atoms with Gasteiger partial charge >= 0.3 is 5.97 Å². The van der Waals surface area contributed by atoms with Crippen molar-refractivity contribution < 1.29 is 9.53 Å². The number of ether oxygens (including phenoxy) is 1. The number of aromatic nitrogens is 4. The van der Waals surface area contributed by atoms with Crippen LogP contribution in [-0.2, 0) is 11.3 Å². The quantitative estimate of drug-likeness (QED) is 0.534. The number of carbonyl (C=O) groups excluding carboxylic acids is 1. The fraction of sp³-hybridized carbons (Fsp3) is 0.294. The van der Waals surface area contributed by atoms with E-state index in [2.05, 4.69) is 21.9 Å². The number of esters is 1. The highest BCUT2D eigenvalue weighted by atomic mass is 16.5. The van der Waals surface area contributed by atoms with Gasteiger partial charge < -0.3 is 9.30 Å². The first kappa shape index (κ1) is 15.1. The molecular formula is C17H18N4O2. The standard InChI is InChI=1S/C17H18N4O2/c1-3-4-9-21-11-20-16-15(18-10-19-17(16)21)13-7-5-6-8-14(13)23-12(2)22/h5-8,10-11H,3-4,9H2,1-2H3. The van der Waals surface area contributed by atoms with E-state index in [9.17, 15) is 4.79 Å². The highest BCUT2D eigenvalue weighted by Crippen LogP contribution is 2.32. The molecule has 0 spiro atoms. The van der Waals surface area contributed by atoms with Gasteiger partial charge in [-0.05, 0) is 18.6 Å². The number of benzene rings is 1. The lowest BCUT2D eigenvalue weighted by molar-refractivity contribution is -0.131. The van der Waals surface area contributed by atoms with E-state index in [1.807, 2.05) is 22.8 Å². The summed E-state index contributed by atoms with van der Waals surface area (Å²) in [7, 11) is 0. The molecule has 0 saturated heterocycles. The number of unbranched alkanes of at least 4 members (excludes halogenated alkanes) is 1. The Bertz CT molecular complexity index is 841. The van der Waals surface area contributed by atoms with E-state index in [1.54, 1.807) is 12.4 Å². The molecule has 3 rings (SSSR count). The first-order valence-electron chi connectivity index (χ1n) is 7.64. The maximum atomic E-state index is 11.3. The average molecular weight is 310 g/mol. The number of hydrogen-bond donors (Lipinski definition) is 0. The van der Waals surface area contributed by atoms with Crippen LogP contribution in [-0.4, -0.2) is 25.5 Å². The zero-order valence-electron chi connectivity index (χ0n) is 13.2. The Morgan fingerprint density at radius 2 is 2.04 bits per heavy atom. The first-order valence-corrected chi connectivity index (χ1v) is 7.64. The Morgan fingerprint density at radius 3 is 2.83 bits per heavy atom. The average Bonchev–Trinajstić information content (AvgIpc) is 2.96. The van der Waals surface area contributed by atoms with Crippen molar-refractivity contribution in [3.63, 3.8) is 0 Å². The fourth-order valence-corrected chi connectivity index (χ4v) is 2.48. The molecule has 6 nitrogen and oxygen atoms in total. The van der Waals surface area contributed by atoms with Gasteiger partial charge in [0.2, 0.25) is 0 Å². The van der Waals surface area contributed by atoms with Crippen molar-refractivity contribution in [2.45, 2.75) is 33.2 Å². The molecule has 0 N–H and O–H groups in total. The molecule has 0 saturated carbocycles. The second-order valence-corrected chi connectivity index (χ2v) is 5.28. The topological polar surface area (TPSA) is 69.9 Å². The minimum Gasteiger partial charge on any atom is -0.426 e. The summed E-state index contributed by atoms with van der Waals surface area (Å²) in [4.78, 5) is 24.5. The Labute approximate surface area is 134 Å². The third kappa shape index (κ3) is 3.06. The molecule has 6 heteroatoms. The molecule has 3 aromatic rings. The molecule has 0 radical (unpaired) electrons. The van der Waals surface area contributed by atoms with E-state index in [-0.39, 0.29) is 5.97 Å². The van der Waals surface area contributed by atoms with Gasteiger partial charge in [0.05, 0.1) is 6.33 Å². The van der Waals surface area contributed by atoms with Crippen molar-refractivity contribution in [2.75, 3.05) is 0 Å². The first-order chi connectivity index (χ1) is 11.2. The smallest absolute Gasteiger partial charge is 0.308 e. The Kier molecular flexibility index (Phi) is 4.32. The van der Waals surface area contributed by atoms with E-state index in [1.165, 1.54) is 13.3 Å². The van der Waals surface area contributed by atoms with Gasteiger partial charge in [0.1, 0.15) is 23.3 Å². The highest BCUT2D eigenvalue weighted by molar-refractivity contribution is 5.89. The van der Waals surface area contributed by atoms with E-state index in [0.29, 0.717) is 17.0 Å². The third-order valence-electron chi connectivity index (χ3n) is 3.55. The lowest BCUT2D eigenvalue weighted by Gasteiger charge is -2.08.